The maximum atomic E-state index is 12.4. The van der Waals surface area contributed by atoms with Crippen LogP contribution in [-0.4, -0.2) is 24.5 Å². The Morgan fingerprint density at radius 2 is 1.74 bits per heavy atom. The van der Waals surface area contributed by atoms with E-state index >= 15 is 0 Å². The molecule has 0 aromatic rings. The van der Waals surface area contributed by atoms with Crippen molar-refractivity contribution in [1.29, 1.82) is 0 Å². The fourth-order valence-electron chi connectivity index (χ4n) is 4.04. The molecule has 1 amide bonds. The topological polar surface area (TPSA) is 41.1 Å². The van der Waals surface area contributed by atoms with Gasteiger partial charge >= 0.3 is 0 Å². The van der Waals surface area contributed by atoms with Crippen molar-refractivity contribution in [3.8, 4) is 0 Å². The first-order valence-corrected chi connectivity index (χ1v) is 7.66. The van der Waals surface area contributed by atoms with Gasteiger partial charge in [0, 0.05) is 11.5 Å². The van der Waals surface area contributed by atoms with Crippen molar-refractivity contribution >= 4 is 18.3 Å². The average molecular weight is 287 g/mol. The highest BCUT2D eigenvalue weighted by atomic mass is 35.5. The molecule has 110 valence electrons. The van der Waals surface area contributed by atoms with Gasteiger partial charge in [0.15, 0.2) is 0 Å². The Morgan fingerprint density at radius 3 is 2.37 bits per heavy atom. The van der Waals surface area contributed by atoms with E-state index in [1.54, 1.807) is 0 Å². The molecule has 1 aliphatic heterocycles. The molecule has 2 saturated carbocycles. The van der Waals surface area contributed by atoms with E-state index in [0.29, 0.717) is 17.2 Å². The fraction of sp³-hybridized carbons (Fsp3) is 0.933. The summed E-state index contributed by atoms with van der Waals surface area (Å²) in [7, 11) is 0. The van der Waals surface area contributed by atoms with Gasteiger partial charge in [0.25, 0.3) is 0 Å². The number of hydrogen-bond donors (Lipinski definition) is 2. The maximum Gasteiger partial charge on any atom is 0.224 e. The Labute approximate surface area is 122 Å². The monoisotopic (exact) mass is 286 g/mol. The van der Waals surface area contributed by atoms with Crippen molar-refractivity contribution in [2.75, 3.05) is 13.1 Å². The number of hydrogen-bond acceptors (Lipinski definition) is 2. The van der Waals surface area contributed by atoms with Crippen LogP contribution in [0.3, 0.4) is 0 Å². The van der Waals surface area contributed by atoms with Crippen LogP contribution >= 0.6 is 12.4 Å². The summed E-state index contributed by atoms with van der Waals surface area (Å²) in [6, 6.07) is 0. The molecule has 2 N–H and O–H groups in total. The molecule has 1 atom stereocenters. The van der Waals surface area contributed by atoms with Crippen LogP contribution in [0.2, 0.25) is 0 Å². The van der Waals surface area contributed by atoms with Gasteiger partial charge in [-0.25, -0.2) is 0 Å². The molecule has 4 heteroatoms. The van der Waals surface area contributed by atoms with E-state index in [-0.39, 0.29) is 17.9 Å². The van der Waals surface area contributed by atoms with Gasteiger partial charge < -0.3 is 10.6 Å². The lowest BCUT2D eigenvalue weighted by molar-refractivity contribution is -0.125. The normalized spacial score (nSPS) is 31.3. The molecule has 0 aromatic carbocycles. The van der Waals surface area contributed by atoms with Crippen LogP contribution in [0.5, 0.6) is 0 Å². The quantitative estimate of drug-likeness (QED) is 0.819. The molecular weight excluding hydrogens is 260 g/mol. The fourth-order valence-corrected chi connectivity index (χ4v) is 4.04. The molecular formula is C15H27ClN2O. The first-order valence-electron chi connectivity index (χ1n) is 7.66. The first-order chi connectivity index (χ1) is 8.64. The zero-order valence-corrected chi connectivity index (χ0v) is 12.8. The van der Waals surface area contributed by atoms with E-state index < -0.39 is 0 Å². The van der Waals surface area contributed by atoms with E-state index in [0.717, 1.165) is 19.5 Å². The van der Waals surface area contributed by atoms with E-state index in [1.165, 1.54) is 44.9 Å². The second-order valence-corrected chi connectivity index (χ2v) is 6.98. The van der Waals surface area contributed by atoms with Crippen molar-refractivity contribution in [2.45, 2.75) is 63.8 Å². The van der Waals surface area contributed by atoms with Gasteiger partial charge in [0.2, 0.25) is 5.91 Å². The molecule has 0 radical (unpaired) electrons. The molecule has 1 heterocycles. The second-order valence-electron chi connectivity index (χ2n) is 6.98. The summed E-state index contributed by atoms with van der Waals surface area (Å²) in [5.41, 5.74) is 0.465. The average Bonchev–Trinajstić information content (AvgIpc) is 3.04. The molecule has 3 rings (SSSR count). The molecule has 3 nitrogen and oxygen atoms in total. The highest BCUT2D eigenvalue weighted by Gasteiger charge is 2.58. The Balaban J connectivity index is 0.00000133. The van der Waals surface area contributed by atoms with Crippen molar-refractivity contribution < 1.29 is 4.79 Å². The van der Waals surface area contributed by atoms with E-state index in [1.807, 2.05) is 0 Å². The van der Waals surface area contributed by atoms with Crippen LogP contribution in [0.15, 0.2) is 0 Å². The standard InChI is InChI=1S/C15H26N2O.ClH/c1-14(5-3-2-4-6-14)17-13(18)12-11-15(12)7-9-16-10-8-15;/h12,16H,2-11H2,1H3,(H,17,18);1H. The predicted molar refractivity (Wildman–Crippen MR) is 79.5 cm³/mol. The van der Waals surface area contributed by atoms with E-state index in [2.05, 4.69) is 17.6 Å². The summed E-state index contributed by atoms with van der Waals surface area (Å²) in [6.45, 7) is 4.43. The Hall–Kier alpha value is -0.280. The summed E-state index contributed by atoms with van der Waals surface area (Å²) in [6.07, 6.45) is 9.75. The molecule has 3 fully saturated rings. The van der Waals surface area contributed by atoms with Crippen LogP contribution in [0.1, 0.15) is 58.3 Å². The molecule has 0 bridgehead atoms. The molecule has 1 saturated heterocycles. The Morgan fingerprint density at radius 1 is 1.11 bits per heavy atom. The van der Waals surface area contributed by atoms with Gasteiger partial charge in [-0.3, -0.25) is 4.79 Å². The number of carbonyl (C=O) groups is 1. The zero-order chi connectivity index (χ0) is 12.6. The third-order valence-corrected chi connectivity index (χ3v) is 5.49. The zero-order valence-electron chi connectivity index (χ0n) is 12.0. The number of piperidine rings is 1. The lowest BCUT2D eigenvalue weighted by atomic mass is 9.83. The van der Waals surface area contributed by atoms with Gasteiger partial charge in [0.05, 0.1) is 0 Å². The third-order valence-electron chi connectivity index (χ3n) is 5.49. The molecule has 19 heavy (non-hydrogen) atoms. The lowest BCUT2D eigenvalue weighted by Gasteiger charge is -2.35. The lowest BCUT2D eigenvalue weighted by Crippen LogP contribution is -2.48. The van der Waals surface area contributed by atoms with Crippen molar-refractivity contribution in [3.05, 3.63) is 0 Å². The third kappa shape index (κ3) is 3.08. The molecule has 1 spiro atoms. The minimum absolute atomic E-state index is 0. The molecule has 3 aliphatic rings. The highest BCUT2D eigenvalue weighted by Crippen LogP contribution is 2.58. The Kier molecular flexibility index (Phi) is 4.46. The largest absolute Gasteiger partial charge is 0.351 e. The van der Waals surface area contributed by atoms with Gasteiger partial charge in [-0.15, -0.1) is 12.4 Å². The van der Waals surface area contributed by atoms with Crippen molar-refractivity contribution in [3.63, 3.8) is 0 Å². The van der Waals surface area contributed by atoms with Gasteiger partial charge in [-0.05, 0) is 57.5 Å². The molecule has 0 aromatic heterocycles. The predicted octanol–water partition coefficient (Wildman–Crippen LogP) is 2.64. The summed E-state index contributed by atoms with van der Waals surface area (Å²) in [4.78, 5) is 12.4. The number of halogens is 1. The van der Waals surface area contributed by atoms with Crippen LogP contribution in [-0.2, 0) is 4.79 Å². The number of rotatable bonds is 2. The van der Waals surface area contributed by atoms with Gasteiger partial charge in [-0.1, -0.05) is 19.3 Å². The van der Waals surface area contributed by atoms with Crippen LogP contribution in [0.25, 0.3) is 0 Å². The minimum atomic E-state index is 0. The second kappa shape index (κ2) is 5.61. The SMILES string of the molecule is CC1(NC(=O)C2CC23CCNCC3)CCCCC1.Cl. The van der Waals surface area contributed by atoms with Gasteiger partial charge in [0.1, 0.15) is 0 Å². The summed E-state index contributed by atoms with van der Waals surface area (Å²) >= 11 is 0. The molecule has 2 aliphatic carbocycles. The van der Waals surface area contributed by atoms with Crippen LogP contribution < -0.4 is 10.6 Å². The van der Waals surface area contributed by atoms with Gasteiger partial charge in [-0.2, -0.15) is 0 Å². The van der Waals surface area contributed by atoms with Crippen molar-refractivity contribution in [2.24, 2.45) is 11.3 Å². The van der Waals surface area contributed by atoms with E-state index in [9.17, 15) is 4.79 Å². The smallest absolute Gasteiger partial charge is 0.224 e. The Bertz CT molecular complexity index is 333. The summed E-state index contributed by atoms with van der Waals surface area (Å²) < 4.78 is 0. The number of amides is 1. The maximum absolute atomic E-state index is 12.4. The molecule has 1 unspecified atom stereocenters. The van der Waals surface area contributed by atoms with Crippen LogP contribution in [0.4, 0.5) is 0 Å². The van der Waals surface area contributed by atoms with Crippen molar-refractivity contribution in [1.82, 2.24) is 10.6 Å². The highest BCUT2D eigenvalue weighted by molar-refractivity contribution is 5.85. The van der Waals surface area contributed by atoms with E-state index in [4.69, 9.17) is 0 Å². The summed E-state index contributed by atoms with van der Waals surface area (Å²) in [5, 5.41) is 6.77. The number of carbonyl (C=O) groups excluding carboxylic acids is 1. The van der Waals surface area contributed by atoms with Crippen LogP contribution in [0, 0.1) is 11.3 Å². The number of nitrogens with one attached hydrogen (secondary N) is 2. The first kappa shape index (κ1) is 15.1. The summed E-state index contributed by atoms with van der Waals surface area (Å²) in [5.74, 6) is 0.666. The minimum Gasteiger partial charge on any atom is -0.351 e.